The van der Waals surface area contributed by atoms with Gasteiger partial charge < -0.3 is 21.1 Å². The van der Waals surface area contributed by atoms with Crippen molar-refractivity contribution in [2.45, 2.75) is 12.8 Å². The maximum Gasteiger partial charge on any atom is 0.238 e. The predicted molar refractivity (Wildman–Crippen MR) is 92.9 cm³/mol. The molecule has 1 aromatic rings. The number of nitrogens with one attached hydrogen (secondary N) is 2. The minimum atomic E-state index is -0.109. The van der Waals surface area contributed by atoms with Gasteiger partial charge in [-0.3, -0.25) is 14.5 Å². The van der Waals surface area contributed by atoms with Crippen LogP contribution in [-0.2, 0) is 9.59 Å². The number of rotatable bonds is 7. The number of para-hydroxylation sites is 2. The molecule has 1 heterocycles. The van der Waals surface area contributed by atoms with Crippen molar-refractivity contribution < 1.29 is 14.3 Å². The molecule has 7 nitrogen and oxygen atoms in total. The second-order valence-corrected chi connectivity index (χ2v) is 5.90. The molecule has 1 unspecified atom stereocenters. The number of likely N-dealkylation sites (tertiary alicyclic amines) is 1. The summed E-state index contributed by atoms with van der Waals surface area (Å²) in [5.74, 6) is 0.464. The van der Waals surface area contributed by atoms with E-state index >= 15 is 0 Å². The molecule has 4 N–H and O–H groups in total. The number of anilines is 1. The first kappa shape index (κ1) is 18.2. The van der Waals surface area contributed by atoms with Crippen LogP contribution in [0.4, 0.5) is 5.69 Å². The number of hydrogen-bond donors (Lipinski definition) is 3. The second kappa shape index (κ2) is 9.24. The quantitative estimate of drug-likeness (QED) is 0.671. The molecule has 7 heteroatoms. The van der Waals surface area contributed by atoms with E-state index in [0.717, 1.165) is 19.4 Å². The Morgan fingerprint density at radius 2 is 2.17 bits per heavy atom. The minimum absolute atomic E-state index is 0.0234. The number of nitrogens with zero attached hydrogens (tertiary/aromatic N) is 1. The van der Waals surface area contributed by atoms with Crippen molar-refractivity contribution in [1.82, 2.24) is 10.2 Å². The molecule has 1 aliphatic rings. The highest BCUT2D eigenvalue weighted by atomic mass is 16.5. The first-order valence-corrected chi connectivity index (χ1v) is 8.27. The van der Waals surface area contributed by atoms with Gasteiger partial charge in [-0.05, 0) is 31.5 Å². The van der Waals surface area contributed by atoms with Crippen molar-refractivity contribution in [3.8, 4) is 5.75 Å². The maximum absolute atomic E-state index is 12.3. The topological polar surface area (TPSA) is 96.7 Å². The molecule has 24 heavy (non-hydrogen) atoms. The SMILES string of the molecule is COc1ccccc1NC(=O)CN1CCCC(C(=O)NCCN)C1. The van der Waals surface area contributed by atoms with Gasteiger partial charge in [0, 0.05) is 19.6 Å². The molecule has 2 amide bonds. The number of carbonyl (C=O) groups excluding carboxylic acids is 2. The van der Waals surface area contributed by atoms with Crippen molar-refractivity contribution in [3.63, 3.8) is 0 Å². The van der Waals surface area contributed by atoms with Gasteiger partial charge in [-0.1, -0.05) is 12.1 Å². The molecular formula is C17H26N4O3. The Labute approximate surface area is 142 Å². The first-order valence-electron chi connectivity index (χ1n) is 8.27. The molecule has 1 atom stereocenters. The molecule has 2 rings (SSSR count). The third-order valence-corrected chi connectivity index (χ3v) is 4.07. The second-order valence-electron chi connectivity index (χ2n) is 5.90. The number of benzene rings is 1. The van der Waals surface area contributed by atoms with Gasteiger partial charge in [-0.25, -0.2) is 0 Å². The molecule has 0 aliphatic carbocycles. The summed E-state index contributed by atoms with van der Waals surface area (Å²) in [6.45, 7) is 2.60. The molecule has 1 aliphatic heterocycles. The standard InChI is InChI=1S/C17H26N4O3/c1-24-15-7-3-2-6-14(15)20-16(22)12-21-10-4-5-13(11-21)17(23)19-9-8-18/h2-3,6-7,13H,4-5,8-12,18H2,1H3,(H,19,23)(H,20,22). The summed E-state index contributed by atoms with van der Waals surface area (Å²) in [5.41, 5.74) is 6.06. The van der Waals surface area contributed by atoms with Crippen LogP contribution in [0.25, 0.3) is 0 Å². The normalized spacial score (nSPS) is 18.0. The van der Waals surface area contributed by atoms with E-state index in [1.165, 1.54) is 0 Å². The number of nitrogens with two attached hydrogens (primary N) is 1. The molecule has 1 aromatic carbocycles. The lowest BCUT2D eigenvalue weighted by Crippen LogP contribution is -2.46. The zero-order valence-corrected chi connectivity index (χ0v) is 14.1. The van der Waals surface area contributed by atoms with Gasteiger partial charge in [0.1, 0.15) is 5.75 Å². The lowest BCUT2D eigenvalue weighted by molar-refractivity contribution is -0.127. The van der Waals surface area contributed by atoms with E-state index in [1.54, 1.807) is 19.2 Å². The molecule has 0 spiro atoms. The smallest absolute Gasteiger partial charge is 0.238 e. The number of amides is 2. The molecule has 0 bridgehead atoms. The lowest BCUT2D eigenvalue weighted by Gasteiger charge is -2.31. The van der Waals surface area contributed by atoms with Crippen molar-refractivity contribution in [2.75, 3.05) is 45.2 Å². The van der Waals surface area contributed by atoms with E-state index in [2.05, 4.69) is 10.6 Å². The fraction of sp³-hybridized carbons (Fsp3) is 0.529. The number of ether oxygens (including phenoxy) is 1. The first-order chi connectivity index (χ1) is 11.6. The number of methoxy groups -OCH3 is 1. The van der Waals surface area contributed by atoms with Crippen molar-refractivity contribution in [2.24, 2.45) is 11.7 Å². The average molecular weight is 334 g/mol. The summed E-state index contributed by atoms with van der Waals surface area (Å²) < 4.78 is 5.23. The predicted octanol–water partition coefficient (Wildman–Crippen LogP) is 0.421. The van der Waals surface area contributed by atoms with Crippen LogP contribution in [0, 0.1) is 5.92 Å². The highest BCUT2D eigenvalue weighted by Crippen LogP contribution is 2.23. The molecule has 0 aromatic heterocycles. The third kappa shape index (κ3) is 5.21. The van der Waals surface area contributed by atoms with Gasteiger partial charge in [0.05, 0.1) is 25.3 Å². The van der Waals surface area contributed by atoms with E-state index < -0.39 is 0 Å². The van der Waals surface area contributed by atoms with Gasteiger partial charge in [0.15, 0.2) is 0 Å². The van der Waals surface area contributed by atoms with Crippen LogP contribution in [0.5, 0.6) is 5.75 Å². The Balaban J connectivity index is 1.86. The highest BCUT2D eigenvalue weighted by molar-refractivity contribution is 5.93. The van der Waals surface area contributed by atoms with Crippen LogP contribution >= 0.6 is 0 Å². The monoisotopic (exact) mass is 334 g/mol. The fourth-order valence-electron chi connectivity index (χ4n) is 2.89. The average Bonchev–Trinajstić information content (AvgIpc) is 2.60. The van der Waals surface area contributed by atoms with Gasteiger partial charge in [0.25, 0.3) is 0 Å². The van der Waals surface area contributed by atoms with Gasteiger partial charge in [-0.2, -0.15) is 0 Å². The van der Waals surface area contributed by atoms with Crippen LogP contribution < -0.4 is 21.1 Å². The molecule has 1 fully saturated rings. The molecular weight excluding hydrogens is 308 g/mol. The van der Waals surface area contributed by atoms with Crippen LogP contribution in [0.2, 0.25) is 0 Å². The summed E-state index contributed by atoms with van der Waals surface area (Å²) in [5, 5.41) is 5.69. The minimum Gasteiger partial charge on any atom is -0.495 e. The lowest BCUT2D eigenvalue weighted by atomic mass is 9.97. The Morgan fingerprint density at radius 3 is 2.92 bits per heavy atom. The Bertz CT molecular complexity index is 565. The molecule has 0 saturated carbocycles. The fourth-order valence-corrected chi connectivity index (χ4v) is 2.89. The van der Waals surface area contributed by atoms with E-state index in [0.29, 0.717) is 31.1 Å². The molecule has 1 saturated heterocycles. The van der Waals surface area contributed by atoms with Crippen LogP contribution in [0.3, 0.4) is 0 Å². The van der Waals surface area contributed by atoms with Crippen molar-refractivity contribution in [3.05, 3.63) is 24.3 Å². The summed E-state index contributed by atoms with van der Waals surface area (Å²) in [6, 6.07) is 7.30. The summed E-state index contributed by atoms with van der Waals surface area (Å²) in [6.07, 6.45) is 1.75. The highest BCUT2D eigenvalue weighted by Gasteiger charge is 2.26. The van der Waals surface area contributed by atoms with Gasteiger partial charge in [-0.15, -0.1) is 0 Å². The zero-order chi connectivity index (χ0) is 17.4. The van der Waals surface area contributed by atoms with E-state index in [9.17, 15) is 9.59 Å². The van der Waals surface area contributed by atoms with Gasteiger partial charge in [0.2, 0.25) is 11.8 Å². The van der Waals surface area contributed by atoms with Crippen molar-refractivity contribution >= 4 is 17.5 Å². The van der Waals surface area contributed by atoms with Crippen LogP contribution in [-0.4, -0.2) is 56.5 Å². The summed E-state index contributed by atoms with van der Waals surface area (Å²) in [7, 11) is 1.57. The zero-order valence-electron chi connectivity index (χ0n) is 14.1. The maximum atomic E-state index is 12.3. The van der Waals surface area contributed by atoms with E-state index in [4.69, 9.17) is 10.5 Å². The number of piperidine rings is 1. The van der Waals surface area contributed by atoms with Crippen LogP contribution in [0.15, 0.2) is 24.3 Å². The Hall–Kier alpha value is -2.12. The summed E-state index contributed by atoms with van der Waals surface area (Å²) >= 11 is 0. The number of hydrogen-bond acceptors (Lipinski definition) is 5. The van der Waals surface area contributed by atoms with E-state index in [-0.39, 0.29) is 24.3 Å². The Kier molecular flexibility index (Phi) is 7.02. The van der Waals surface area contributed by atoms with E-state index in [1.807, 2.05) is 17.0 Å². The summed E-state index contributed by atoms with van der Waals surface area (Å²) in [4.78, 5) is 26.3. The molecule has 0 radical (unpaired) electrons. The van der Waals surface area contributed by atoms with Crippen LogP contribution in [0.1, 0.15) is 12.8 Å². The largest absolute Gasteiger partial charge is 0.495 e. The molecule has 132 valence electrons. The Morgan fingerprint density at radius 1 is 1.38 bits per heavy atom. The number of carbonyl (C=O) groups is 2. The third-order valence-electron chi connectivity index (χ3n) is 4.07. The van der Waals surface area contributed by atoms with Crippen molar-refractivity contribution in [1.29, 1.82) is 0 Å². The van der Waals surface area contributed by atoms with Gasteiger partial charge >= 0.3 is 0 Å².